The molecular formula is C10H9NO3. The second kappa shape index (κ2) is 4.23. The fourth-order valence-electron chi connectivity index (χ4n) is 1.09. The van der Waals surface area contributed by atoms with Crippen LogP contribution in [0, 0.1) is 0 Å². The molecule has 0 radical (unpaired) electrons. The Bertz CT molecular complexity index is 396. The maximum Gasteiger partial charge on any atom is 0.336 e. The Morgan fingerprint density at radius 3 is 2.71 bits per heavy atom. The molecule has 0 atom stereocenters. The molecule has 0 aliphatic rings. The van der Waals surface area contributed by atoms with Crippen molar-refractivity contribution in [3.8, 4) is 0 Å². The minimum absolute atomic E-state index is 0.0862. The van der Waals surface area contributed by atoms with Gasteiger partial charge in [0.15, 0.2) is 0 Å². The summed E-state index contributed by atoms with van der Waals surface area (Å²) in [7, 11) is 0. The van der Waals surface area contributed by atoms with Crippen molar-refractivity contribution < 1.29 is 14.7 Å². The molecule has 0 saturated heterocycles. The lowest BCUT2D eigenvalue weighted by atomic mass is 10.1. The van der Waals surface area contributed by atoms with E-state index in [9.17, 15) is 9.59 Å². The number of carboxylic acids is 1. The first-order chi connectivity index (χ1) is 6.66. The Morgan fingerprint density at radius 1 is 1.43 bits per heavy atom. The molecule has 0 bridgehead atoms. The summed E-state index contributed by atoms with van der Waals surface area (Å²) < 4.78 is 0. The highest BCUT2D eigenvalue weighted by atomic mass is 16.4. The Balaban J connectivity index is 3.28. The fraction of sp³-hybridized carbons (Fsp3) is 0. The highest BCUT2D eigenvalue weighted by molar-refractivity contribution is 5.95. The Hall–Kier alpha value is -2.10. The third kappa shape index (κ3) is 1.98. The average molecular weight is 191 g/mol. The van der Waals surface area contributed by atoms with Crippen LogP contribution in [0.2, 0.25) is 0 Å². The quantitative estimate of drug-likeness (QED) is 0.427. The van der Waals surface area contributed by atoms with Crippen molar-refractivity contribution in [1.29, 1.82) is 0 Å². The van der Waals surface area contributed by atoms with Gasteiger partial charge >= 0.3 is 5.97 Å². The molecule has 0 heterocycles. The van der Waals surface area contributed by atoms with E-state index in [1.807, 2.05) is 0 Å². The molecule has 4 heteroatoms. The number of benzene rings is 1. The number of anilines is 1. The van der Waals surface area contributed by atoms with E-state index in [4.69, 9.17) is 10.8 Å². The number of hydrogen-bond acceptors (Lipinski definition) is 3. The van der Waals surface area contributed by atoms with E-state index in [1.54, 1.807) is 12.1 Å². The number of aldehydes is 1. The van der Waals surface area contributed by atoms with Gasteiger partial charge in [-0.3, -0.25) is 4.79 Å². The summed E-state index contributed by atoms with van der Waals surface area (Å²) in [5.74, 6) is -1.07. The van der Waals surface area contributed by atoms with Gasteiger partial charge in [0.05, 0.1) is 5.56 Å². The largest absolute Gasteiger partial charge is 0.478 e. The second-order valence-corrected chi connectivity index (χ2v) is 2.61. The number of carboxylic acid groups (broad SMARTS) is 1. The molecule has 3 N–H and O–H groups in total. The third-order valence-electron chi connectivity index (χ3n) is 1.71. The molecule has 0 aliphatic carbocycles. The normalized spacial score (nSPS) is 10.3. The van der Waals surface area contributed by atoms with Crippen LogP contribution in [0.1, 0.15) is 15.9 Å². The molecule has 72 valence electrons. The van der Waals surface area contributed by atoms with E-state index in [1.165, 1.54) is 18.2 Å². The number of carbonyl (C=O) groups excluding carboxylic acids is 1. The first kappa shape index (κ1) is 9.98. The van der Waals surface area contributed by atoms with E-state index >= 15 is 0 Å². The smallest absolute Gasteiger partial charge is 0.336 e. The van der Waals surface area contributed by atoms with Crippen molar-refractivity contribution in [3.05, 3.63) is 35.4 Å². The summed E-state index contributed by atoms with van der Waals surface area (Å²) in [6.45, 7) is 0. The van der Waals surface area contributed by atoms with Gasteiger partial charge in [-0.1, -0.05) is 6.07 Å². The molecule has 1 rings (SSSR count). The maximum absolute atomic E-state index is 10.8. The number of allylic oxidation sites excluding steroid dienone is 1. The standard InChI is InChI=1S/C10H9NO3/c11-9-5-1-3-8(10(13)14)7(9)4-2-6-12/h1-6H,11H2,(H,13,14). The van der Waals surface area contributed by atoms with Crippen molar-refractivity contribution in [1.82, 2.24) is 0 Å². The predicted molar refractivity (Wildman–Crippen MR) is 52.9 cm³/mol. The van der Waals surface area contributed by atoms with E-state index < -0.39 is 5.97 Å². The lowest BCUT2D eigenvalue weighted by Crippen LogP contribution is -2.02. The predicted octanol–water partition coefficient (Wildman–Crippen LogP) is 1.18. The topological polar surface area (TPSA) is 80.4 Å². The van der Waals surface area contributed by atoms with Crippen LogP contribution in [0.3, 0.4) is 0 Å². The molecule has 0 aromatic heterocycles. The highest BCUT2D eigenvalue weighted by Crippen LogP contribution is 2.18. The maximum atomic E-state index is 10.8. The number of nitrogen functional groups attached to an aromatic ring is 1. The van der Waals surface area contributed by atoms with Crippen LogP contribution >= 0.6 is 0 Å². The highest BCUT2D eigenvalue weighted by Gasteiger charge is 2.09. The van der Waals surface area contributed by atoms with Crippen molar-refractivity contribution >= 4 is 24.0 Å². The van der Waals surface area contributed by atoms with Crippen LogP contribution in [-0.4, -0.2) is 17.4 Å². The van der Waals surface area contributed by atoms with Gasteiger partial charge in [0, 0.05) is 11.3 Å². The number of nitrogens with two attached hydrogens (primary N) is 1. The summed E-state index contributed by atoms with van der Waals surface area (Å²) in [6.07, 6.45) is 3.15. The Labute approximate surface area is 80.7 Å². The summed E-state index contributed by atoms with van der Waals surface area (Å²) in [5, 5.41) is 8.81. The van der Waals surface area contributed by atoms with Gasteiger partial charge in [0.1, 0.15) is 6.29 Å². The van der Waals surface area contributed by atoms with Crippen LogP contribution in [0.25, 0.3) is 6.08 Å². The van der Waals surface area contributed by atoms with Gasteiger partial charge in [-0.15, -0.1) is 0 Å². The van der Waals surface area contributed by atoms with Crippen molar-refractivity contribution in [2.45, 2.75) is 0 Å². The number of aromatic carboxylic acids is 1. The van der Waals surface area contributed by atoms with Crippen LogP contribution in [-0.2, 0) is 4.79 Å². The number of carbonyl (C=O) groups is 2. The van der Waals surface area contributed by atoms with E-state index in [0.717, 1.165) is 0 Å². The molecule has 0 unspecified atom stereocenters. The molecule has 0 aliphatic heterocycles. The minimum atomic E-state index is -1.07. The fourth-order valence-corrected chi connectivity index (χ4v) is 1.09. The third-order valence-corrected chi connectivity index (χ3v) is 1.71. The van der Waals surface area contributed by atoms with Crippen LogP contribution in [0.5, 0.6) is 0 Å². The van der Waals surface area contributed by atoms with E-state index in [-0.39, 0.29) is 5.56 Å². The van der Waals surface area contributed by atoms with Crippen LogP contribution in [0.4, 0.5) is 5.69 Å². The monoisotopic (exact) mass is 191 g/mol. The molecule has 1 aromatic carbocycles. The van der Waals surface area contributed by atoms with Crippen molar-refractivity contribution in [2.75, 3.05) is 5.73 Å². The minimum Gasteiger partial charge on any atom is -0.478 e. The average Bonchev–Trinajstić information content (AvgIpc) is 2.15. The lowest BCUT2D eigenvalue weighted by Gasteiger charge is -2.03. The Morgan fingerprint density at radius 2 is 2.14 bits per heavy atom. The zero-order valence-electron chi connectivity index (χ0n) is 7.31. The zero-order valence-corrected chi connectivity index (χ0v) is 7.31. The first-order valence-corrected chi connectivity index (χ1v) is 3.90. The molecule has 0 fully saturated rings. The summed E-state index contributed by atoms with van der Waals surface area (Å²) in [6, 6.07) is 4.57. The van der Waals surface area contributed by atoms with Gasteiger partial charge in [-0.05, 0) is 24.3 Å². The first-order valence-electron chi connectivity index (χ1n) is 3.90. The number of hydrogen-bond donors (Lipinski definition) is 2. The van der Waals surface area contributed by atoms with E-state index in [0.29, 0.717) is 17.5 Å². The van der Waals surface area contributed by atoms with Gasteiger partial charge in [0.25, 0.3) is 0 Å². The van der Waals surface area contributed by atoms with Crippen molar-refractivity contribution in [3.63, 3.8) is 0 Å². The molecule has 0 amide bonds. The summed E-state index contributed by atoms with van der Waals surface area (Å²) >= 11 is 0. The molecule has 14 heavy (non-hydrogen) atoms. The molecular weight excluding hydrogens is 182 g/mol. The molecule has 0 saturated carbocycles. The Kier molecular flexibility index (Phi) is 3.01. The van der Waals surface area contributed by atoms with E-state index in [2.05, 4.69) is 0 Å². The number of rotatable bonds is 3. The second-order valence-electron chi connectivity index (χ2n) is 2.61. The SMILES string of the molecule is Nc1cccc(C(=O)O)c1C=CC=O. The van der Waals surface area contributed by atoms with Gasteiger partial charge < -0.3 is 10.8 Å². The van der Waals surface area contributed by atoms with Crippen LogP contribution in [0.15, 0.2) is 24.3 Å². The van der Waals surface area contributed by atoms with Crippen LogP contribution < -0.4 is 5.73 Å². The molecule has 4 nitrogen and oxygen atoms in total. The van der Waals surface area contributed by atoms with Gasteiger partial charge in [-0.2, -0.15) is 0 Å². The zero-order chi connectivity index (χ0) is 10.6. The summed E-state index contributed by atoms with van der Waals surface area (Å²) in [4.78, 5) is 20.9. The van der Waals surface area contributed by atoms with Gasteiger partial charge in [0.2, 0.25) is 0 Å². The lowest BCUT2D eigenvalue weighted by molar-refractivity contribution is -0.104. The molecule has 0 spiro atoms. The van der Waals surface area contributed by atoms with Crippen molar-refractivity contribution in [2.24, 2.45) is 0 Å². The van der Waals surface area contributed by atoms with Gasteiger partial charge in [-0.25, -0.2) is 4.79 Å². The summed E-state index contributed by atoms with van der Waals surface area (Å²) in [5.41, 5.74) is 6.35. The molecule has 1 aromatic rings.